The molecule has 4 atom stereocenters. The maximum absolute atomic E-state index is 13.4. The van der Waals surface area contributed by atoms with E-state index in [4.69, 9.17) is 5.26 Å². The van der Waals surface area contributed by atoms with Gasteiger partial charge in [0.15, 0.2) is 0 Å². The van der Waals surface area contributed by atoms with Crippen molar-refractivity contribution in [1.82, 2.24) is 20.1 Å². The molecule has 0 radical (unpaired) electrons. The summed E-state index contributed by atoms with van der Waals surface area (Å²) in [6, 6.07) is 9.64. The highest BCUT2D eigenvalue weighted by molar-refractivity contribution is 7.07. The van der Waals surface area contributed by atoms with Crippen molar-refractivity contribution >= 4 is 23.2 Å². The molecule has 1 aromatic carbocycles. The van der Waals surface area contributed by atoms with Crippen molar-refractivity contribution in [3.8, 4) is 6.07 Å². The van der Waals surface area contributed by atoms with E-state index in [1.165, 1.54) is 16.9 Å². The van der Waals surface area contributed by atoms with Gasteiger partial charge in [-0.1, -0.05) is 12.1 Å². The van der Waals surface area contributed by atoms with Crippen LogP contribution in [0.25, 0.3) is 0 Å². The minimum Gasteiger partial charge on any atom is -0.349 e. The molecule has 0 spiro atoms. The quantitative estimate of drug-likeness (QED) is 0.758. The van der Waals surface area contributed by atoms with Gasteiger partial charge < -0.3 is 10.2 Å². The Bertz CT molecular complexity index is 1020. The van der Waals surface area contributed by atoms with Crippen LogP contribution < -0.4 is 5.32 Å². The Kier molecular flexibility index (Phi) is 5.94. The first-order valence-corrected chi connectivity index (χ1v) is 12.2. The molecule has 5 rings (SSSR count). The van der Waals surface area contributed by atoms with Crippen molar-refractivity contribution < 1.29 is 9.59 Å². The van der Waals surface area contributed by atoms with Crippen LogP contribution in [0.3, 0.4) is 0 Å². The van der Waals surface area contributed by atoms with Gasteiger partial charge in [-0.15, -0.1) is 11.3 Å². The molecule has 3 aliphatic rings. The summed E-state index contributed by atoms with van der Waals surface area (Å²) >= 11 is 1.51. The lowest BCUT2D eigenvalue weighted by atomic mass is 9.71. The van der Waals surface area contributed by atoms with Crippen molar-refractivity contribution in [2.75, 3.05) is 13.1 Å². The molecule has 1 aromatic heterocycles. The molecule has 3 fully saturated rings. The standard InChI is InChI=1S/C24H27N5O2S/c25-9-16-4-6-17(7-5-16)11-28-12-18-8-19(13-28)23(29-21(18)2-1-3-22(29)30)24(31)26-10-20-14-32-15-27-20/h4-7,14-15,18-19,21,23H,1-3,8,10-13H2,(H,26,31)/t18-,19+,21+,23-/m1/s1. The fourth-order valence-corrected chi connectivity index (χ4v) is 6.33. The molecule has 166 valence electrons. The summed E-state index contributed by atoms with van der Waals surface area (Å²) in [6.07, 6.45) is 3.42. The van der Waals surface area contributed by atoms with Gasteiger partial charge in [0.05, 0.1) is 29.4 Å². The molecule has 7 nitrogen and oxygen atoms in total. The maximum Gasteiger partial charge on any atom is 0.243 e. The number of thiazole rings is 1. The zero-order chi connectivity index (χ0) is 22.1. The van der Waals surface area contributed by atoms with E-state index >= 15 is 0 Å². The zero-order valence-corrected chi connectivity index (χ0v) is 18.8. The Morgan fingerprint density at radius 2 is 2.06 bits per heavy atom. The number of benzene rings is 1. The molecule has 3 aliphatic heterocycles. The van der Waals surface area contributed by atoms with Crippen LogP contribution in [0.4, 0.5) is 0 Å². The number of aromatic nitrogens is 1. The third-order valence-electron chi connectivity index (χ3n) is 7.10. The molecule has 2 amide bonds. The fourth-order valence-electron chi connectivity index (χ4n) is 5.77. The average Bonchev–Trinajstić information content (AvgIpc) is 3.33. The second-order valence-electron chi connectivity index (χ2n) is 9.16. The van der Waals surface area contributed by atoms with Crippen molar-refractivity contribution in [2.45, 2.75) is 50.9 Å². The highest BCUT2D eigenvalue weighted by Gasteiger charge is 2.51. The number of nitriles is 1. The van der Waals surface area contributed by atoms with Crippen LogP contribution >= 0.6 is 11.3 Å². The van der Waals surface area contributed by atoms with Gasteiger partial charge in [0.2, 0.25) is 11.8 Å². The summed E-state index contributed by atoms with van der Waals surface area (Å²) in [4.78, 5) is 34.9. The molecular formula is C24H27N5O2S. The predicted octanol–water partition coefficient (Wildman–Crippen LogP) is 2.53. The summed E-state index contributed by atoms with van der Waals surface area (Å²) in [5, 5.41) is 14.0. The monoisotopic (exact) mass is 449 g/mol. The van der Waals surface area contributed by atoms with Crippen LogP contribution in [-0.4, -0.2) is 51.8 Å². The lowest BCUT2D eigenvalue weighted by Crippen LogP contribution is -2.68. The van der Waals surface area contributed by atoms with Gasteiger partial charge in [-0.25, -0.2) is 4.98 Å². The number of rotatable bonds is 5. The van der Waals surface area contributed by atoms with E-state index in [2.05, 4.69) is 21.3 Å². The average molecular weight is 450 g/mol. The third kappa shape index (κ3) is 4.15. The second-order valence-corrected chi connectivity index (χ2v) is 9.88. The molecule has 8 heteroatoms. The zero-order valence-electron chi connectivity index (χ0n) is 17.9. The molecule has 0 aliphatic carbocycles. The number of carbonyl (C=O) groups is 2. The van der Waals surface area contributed by atoms with Gasteiger partial charge in [0, 0.05) is 43.4 Å². The number of likely N-dealkylation sites (tertiary alicyclic amines) is 1. The van der Waals surface area contributed by atoms with Gasteiger partial charge in [-0.05, 0) is 42.9 Å². The Morgan fingerprint density at radius 1 is 1.25 bits per heavy atom. The molecule has 1 N–H and O–H groups in total. The van der Waals surface area contributed by atoms with E-state index in [1.807, 2.05) is 34.5 Å². The Morgan fingerprint density at radius 3 is 2.81 bits per heavy atom. The topological polar surface area (TPSA) is 89.3 Å². The molecular weight excluding hydrogens is 422 g/mol. The molecule has 2 aromatic rings. The highest BCUT2D eigenvalue weighted by Crippen LogP contribution is 2.42. The van der Waals surface area contributed by atoms with Crippen LogP contribution in [0.5, 0.6) is 0 Å². The van der Waals surface area contributed by atoms with E-state index in [-0.39, 0.29) is 23.8 Å². The Balaban J connectivity index is 1.35. The largest absolute Gasteiger partial charge is 0.349 e. The number of carbonyl (C=O) groups excluding carboxylic acids is 2. The number of amides is 2. The molecule has 32 heavy (non-hydrogen) atoms. The van der Waals surface area contributed by atoms with E-state index in [9.17, 15) is 9.59 Å². The maximum atomic E-state index is 13.4. The summed E-state index contributed by atoms with van der Waals surface area (Å²) in [7, 11) is 0. The van der Waals surface area contributed by atoms with Crippen LogP contribution in [-0.2, 0) is 22.7 Å². The number of fused-ring (bicyclic) bond motifs is 4. The SMILES string of the molecule is N#Cc1ccc(CN2C[C@H]3C[C@@H](C2)[C@H](C(=O)NCc2cscn2)N2C(=O)CCC[C@@H]32)cc1. The number of nitrogens with one attached hydrogen (secondary N) is 1. The van der Waals surface area contributed by atoms with Crippen molar-refractivity contribution in [3.05, 3.63) is 52.0 Å². The minimum atomic E-state index is -0.411. The van der Waals surface area contributed by atoms with Crippen LogP contribution in [0, 0.1) is 23.2 Å². The lowest BCUT2D eigenvalue weighted by Gasteiger charge is -2.55. The van der Waals surface area contributed by atoms with Gasteiger partial charge in [0.25, 0.3) is 0 Å². The van der Waals surface area contributed by atoms with Gasteiger partial charge in [0.1, 0.15) is 6.04 Å². The number of piperidine rings is 3. The molecule has 0 saturated carbocycles. The Hall–Kier alpha value is -2.76. The van der Waals surface area contributed by atoms with E-state index < -0.39 is 6.04 Å². The van der Waals surface area contributed by atoms with Crippen LogP contribution in [0.1, 0.15) is 42.5 Å². The van der Waals surface area contributed by atoms with Gasteiger partial charge >= 0.3 is 0 Å². The molecule has 0 unspecified atom stereocenters. The third-order valence-corrected chi connectivity index (χ3v) is 7.74. The van der Waals surface area contributed by atoms with Gasteiger partial charge in [-0.2, -0.15) is 5.26 Å². The fraction of sp³-hybridized carbons (Fsp3) is 0.500. The summed E-state index contributed by atoms with van der Waals surface area (Å²) in [5.74, 6) is 0.604. The lowest BCUT2D eigenvalue weighted by molar-refractivity contribution is -0.160. The van der Waals surface area contributed by atoms with E-state index in [0.717, 1.165) is 44.6 Å². The van der Waals surface area contributed by atoms with Crippen molar-refractivity contribution in [3.63, 3.8) is 0 Å². The molecule has 3 saturated heterocycles. The van der Waals surface area contributed by atoms with Gasteiger partial charge in [-0.3, -0.25) is 14.5 Å². The number of nitrogens with zero attached hydrogens (tertiary/aromatic N) is 4. The van der Waals surface area contributed by atoms with Crippen LogP contribution in [0.15, 0.2) is 35.2 Å². The second kappa shape index (κ2) is 9.00. The van der Waals surface area contributed by atoms with E-state index in [1.54, 1.807) is 5.51 Å². The minimum absolute atomic E-state index is 0.0538. The smallest absolute Gasteiger partial charge is 0.243 e. The highest BCUT2D eigenvalue weighted by atomic mass is 32.1. The first-order valence-electron chi connectivity index (χ1n) is 11.3. The Labute approximate surface area is 192 Å². The van der Waals surface area contributed by atoms with E-state index in [0.29, 0.717) is 24.4 Å². The predicted molar refractivity (Wildman–Crippen MR) is 120 cm³/mol. The summed E-state index contributed by atoms with van der Waals surface area (Å²) in [5.41, 5.74) is 4.45. The molecule has 2 bridgehead atoms. The summed E-state index contributed by atoms with van der Waals surface area (Å²) in [6.45, 7) is 2.93. The van der Waals surface area contributed by atoms with Crippen molar-refractivity contribution in [2.24, 2.45) is 11.8 Å². The normalized spacial score (nSPS) is 27.5. The number of hydrogen-bond acceptors (Lipinski definition) is 6. The van der Waals surface area contributed by atoms with Crippen LogP contribution in [0.2, 0.25) is 0 Å². The first-order chi connectivity index (χ1) is 15.6. The van der Waals surface area contributed by atoms with Crippen molar-refractivity contribution in [1.29, 1.82) is 5.26 Å². The number of hydrogen-bond donors (Lipinski definition) is 1. The first kappa shape index (κ1) is 21.1. The summed E-state index contributed by atoms with van der Waals surface area (Å²) < 4.78 is 0. The molecule has 4 heterocycles.